The Labute approximate surface area is 236 Å². The van der Waals surface area contributed by atoms with Gasteiger partial charge in [-0.05, 0) is 54.7 Å². The maximum Gasteiger partial charge on any atom is 0.253 e. The van der Waals surface area contributed by atoms with Gasteiger partial charge < -0.3 is 19.3 Å². The highest BCUT2D eigenvalue weighted by atomic mass is 32.2. The summed E-state index contributed by atoms with van der Waals surface area (Å²) in [5.74, 6) is 3.19. The minimum Gasteiger partial charge on any atom is -0.493 e. The lowest BCUT2D eigenvalue weighted by molar-refractivity contribution is 0.0792. The van der Waals surface area contributed by atoms with Crippen LogP contribution in [0.25, 0.3) is 0 Å². The zero-order valence-corrected chi connectivity index (χ0v) is 24.8. The molecule has 0 spiro atoms. The first-order valence-corrected chi connectivity index (χ1v) is 14.5. The van der Waals surface area contributed by atoms with Gasteiger partial charge in [-0.1, -0.05) is 50.7 Å². The Morgan fingerprint density at radius 2 is 1.72 bits per heavy atom. The molecule has 1 aromatic heterocycles. The van der Waals surface area contributed by atoms with Crippen LogP contribution in [0.2, 0.25) is 0 Å². The second-order valence-electron chi connectivity index (χ2n) is 11.0. The van der Waals surface area contributed by atoms with Crippen LogP contribution in [0.4, 0.5) is 5.82 Å². The van der Waals surface area contributed by atoms with Crippen molar-refractivity contribution >= 4 is 23.5 Å². The van der Waals surface area contributed by atoms with Crippen LogP contribution in [0.15, 0.2) is 53.7 Å². The second kappa shape index (κ2) is 12.7. The minimum atomic E-state index is -0.112. The van der Waals surface area contributed by atoms with Crippen molar-refractivity contribution in [3.8, 4) is 11.5 Å². The summed E-state index contributed by atoms with van der Waals surface area (Å²) in [5.41, 5.74) is 3.92. The van der Waals surface area contributed by atoms with Gasteiger partial charge >= 0.3 is 0 Å². The van der Waals surface area contributed by atoms with Crippen LogP contribution in [-0.4, -0.2) is 61.7 Å². The highest BCUT2D eigenvalue weighted by molar-refractivity contribution is 7.98. The molecular formula is C31H40N4O3S. The first kappa shape index (κ1) is 28.7. The number of aromatic nitrogens is 2. The lowest BCUT2D eigenvalue weighted by Gasteiger charge is -2.23. The van der Waals surface area contributed by atoms with Crippen molar-refractivity contribution in [1.29, 1.82) is 0 Å². The quantitative estimate of drug-likeness (QED) is 0.227. The molecule has 0 aliphatic carbocycles. The molecule has 2 heterocycles. The van der Waals surface area contributed by atoms with E-state index < -0.39 is 0 Å². The number of amides is 1. The number of hydrogen-bond donors (Lipinski definition) is 0. The van der Waals surface area contributed by atoms with Gasteiger partial charge in [0.2, 0.25) is 0 Å². The monoisotopic (exact) mass is 548 g/mol. The number of rotatable bonds is 10. The van der Waals surface area contributed by atoms with E-state index >= 15 is 0 Å². The van der Waals surface area contributed by atoms with Gasteiger partial charge in [0.15, 0.2) is 16.7 Å². The Morgan fingerprint density at radius 3 is 2.41 bits per heavy atom. The van der Waals surface area contributed by atoms with Crippen LogP contribution in [0.5, 0.6) is 11.5 Å². The molecule has 0 radical (unpaired) electrons. The molecule has 1 aliphatic heterocycles. The summed E-state index contributed by atoms with van der Waals surface area (Å²) in [5, 5.41) is 0.742. The van der Waals surface area contributed by atoms with Gasteiger partial charge in [0, 0.05) is 49.5 Å². The zero-order valence-electron chi connectivity index (χ0n) is 24.0. The van der Waals surface area contributed by atoms with Crippen molar-refractivity contribution < 1.29 is 14.3 Å². The minimum absolute atomic E-state index is 0.112. The van der Waals surface area contributed by atoms with Crippen molar-refractivity contribution in [2.75, 3.05) is 45.8 Å². The van der Waals surface area contributed by atoms with Crippen LogP contribution in [-0.2, 0) is 17.6 Å². The molecule has 8 heteroatoms. The highest BCUT2D eigenvalue weighted by Gasteiger charge is 2.21. The average Bonchev–Trinajstić information content (AvgIpc) is 3.49. The molecule has 0 N–H and O–H groups in total. The fourth-order valence-corrected chi connectivity index (χ4v) is 5.35. The first-order chi connectivity index (χ1) is 18.7. The first-order valence-electron chi connectivity index (χ1n) is 13.5. The molecule has 0 atom stereocenters. The third kappa shape index (κ3) is 7.44. The Bertz CT molecular complexity index is 1290. The normalized spacial score (nSPS) is 13.4. The lowest BCUT2D eigenvalue weighted by atomic mass is 9.92. The summed E-state index contributed by atoms with van der Waals surface area (Å²) in [6, 6.07) is 16.1. The van der Waals surface area contributed by atoms with Crippen molar-refractivity contribution in [2.45, 2.75) is 56.4 Å². The molecule has 0 unspecified atom stereocenters. The maximum atomic E-state index is 12.9. The van der Waals surface area contributed by atoms with E-state index in [4.69, 9.17) is 19.4 Å². The molecule has 7 nitrogen and oxygen atoms in total. The SMILES string of the molecule is COc1ccc(CCN(C)c2cc(C(C)(C)C)nc(SCc3cccc(C(=O)N4CCCC4)c3)n2)cc1OC. The van der Waals surface area contributed by atoms with Crippen LogP contribution >= 0.6 is 11.8 Å². The summed E-state index contributed by atoms with van der Waals surface area (Å²) in [7, 11) is 5.37. The van der Waals surface area contributed by atoms with E-state index in [-0.39, 0.29) is 11.3 Å². The summed E-state index contributed by atoms with van der Waals surface area (Å²) in [6.07, 6.45) is 3.02. The lowest BCUT2D eigenvalue weighted by Crippen LogP contribution is -2.27. The van der Waals surface area contributed by atoms with Crippen LogP contribution < -0.4 is 14.4 Å². The van der Waals surface area contributed by atoms with Gasteiger partial charge in [0.25, 0.3) is 5.91 Å². The third-order valence-corrected chi connectivity index (χ3v) is 7.89. The molecular weight excluding hydrogens is 508 g/mol. The Morgan fingerprint density at radius 1 is 0.974 bits per heavy atom. The fraction of sp³-hybridized carbons (Fsp3) is 0.452. The molecule has 2 aromatic carbocycles. The number of likely N-dealkylation sites (tertiary alicyclic amines) is 1. The molecule has 39 heavy (non-hydrogen) atoms. The molecule has 0 saturated carbocycles. The van der Waals surface area contributed by atoms with E-state index in [1.54, 1.807) is 26.0 Å². The number of likely N-dealkylation sites (N-methyl/N-ethyl adjacent to an activating group) is 1. The number of thioether (sulfide) groups is 1. The summed E-state index contributed by atoms with van der Waals surface area (Å²) < 4.78 is 10.8. The van der Waals surface area contributed by atoms with Crippen molar-refractivity contribution in [2.24, 2.45) is 0 Å². The second-order valence-corrected chi connectivity index (χ2v) is 11.9. The molecule has 0 bridgehead atoms. The van der Waals surface area contributed by atoms with E-state index in [0.29, 0.717) is 5.75 Å². The fourth-order valence-electron chi connectivity index (χ4n) is 4.55. The van der Waals surface area contributed by atoms with Gasteiger partial charge in [-0.25, -0.2) is 9.97 Å². The highest BCUT2D eigenvalue weighted by Crippen LogP contribution is 2.30. The maximum absolute atomic E-state index is 12.9. The topological polar surface area (TPSA) is 67.8 Å². The van der Waals surface area contributed by atoms with Gasteiger partial charge in [-0.2, -0.15) is 0 Å². The van der Waals surface area contributed by atoms with Gasteiger partial charge in [-0.15, -0.1) is 0 Å². The van der Waals surface area contributed by atoms with Gasteiger partial charge in [0.05, 0.1) is 19.9 Å². The van der Waals surface area contributed by atoms with E-state index in [0.717, 1.165) is 78.2 Å². The molecule has 1 saturated heterocycles. The Kier molecular flexibility index (Phi) is 9.38. The Hall–Kier alpha value is -3.26. The van der Waals surface area contributed by atoms with Gasteiger partial charge in [-0.3, -0.25) is 4.79 Å². The van der Waals surface area contributed by atoms with Crippen LogP contribution in [0.3, 0.4) is 0 Å². The van der Waals surface area contributed by atoms with Gasteiger partial charge in [0.1, 0.15) is 5.82 Å². The molecule has 4 rings (SSSR count). The number of carbonyl (C=O) groups excluding carboxylic acids is 1. The number of anilines is 1. The molecule has 3 aromatic rings. The molecule has 1 fully saturated rings. The summed E-state index contributed by atoms with van der Waals surface area (Å²) in [6.45, 7) is 9.02. The van der Waals surface area contributed by atoms with E-state index in [1.165, 1.54) is 5.56 Å². The number of methoxy groups -OCH3 is 2. The Balaban J connectivity index is 1.47. The predicted molar refractivity (Wildman–Crippen MR) is 158 cm³/mol. The zero-order chi connectivity index (χ0) is 28.0. The molecule has 1 amide bonds. The number of hydrogen-bond acceptors (Lipinski definition) is 7. The number of carbonyl (C=O) groups is 1. The van der Waals surface area contributed by atoms with Crippen molar-refractivity contribution in [3.05, 3.63) is 70.9 Å². The number of nitrogens with zero attached hydrogens (tertiary/aromatic N) is 4. The van der Waals surface area contributed by atoms with Crippen LogP contribution in [0, 0.1) is 0 Å². The molecule has 208 valence electrons. The largest absolute Gasteiger partial charge is 0.493 e. The van der Waals surface area contributed by atoms with E-state index in [1.807, 2.05) is 35.2 Å². The van der Waals surface area contributed by atoms with E-state index in [9.17, 15) is 4.79 Å². The number of ether oxygens (including phenoxy) is 2. The average molecular weight is 549 g/mol. The predicted octanol–water partition coefficient (Wildman–Crippen LogP) is 6.00. The van der Waals surface area contributed by atoms with Crippen molar-refractivity contribution in [1.82, 2.24) is 14.9 Å². The molecule has 1 aliphatic rings. The standard InChI is InChI=1S/C31H40N4O3S/c1-31(2,3)27-20-28(34(4)17-14-22-12-13-25(37-5)26(19-22)38-6)33-30(32-27)39-21-23-10-9-11-24(18-23)29(36)35-15-7-8-16-35/h9-13,18-20H,7-8,14-17,21H2,1-6H3. The number of benzene rings is 2. The third-order valence-electron chi connectivity index (χ3n) is 6.97. The van der Waals surface area contributed by atoms with Crippen LogP contribution in [0.1, 0.15) is 60.8 Å². The van der Waals surface area contributed by atoms with E-state index in [2.05, 4.69) is 50.9 Å². The summed E-state index contributed by atoms with van der Waals surface area (Å²) >= 11 is 1.61. The summed E-state index contributed by atoms with van der Waals surface area (Å²) in [4.78, 5) is 26.8. The van der Waals surface area contributed by atoms with Crippen molar-refractivity contribution in [3.63, 3.8) is 0 Å². The smallest absolute Gasteiger partial charge is 0.253 e.